The molecule has 0 heterocycles. The fraction of sp³-hybridized carbons (Fsp3) is 0.250. The summed E-state index contributed by atoms with van der Waals surface area (Å²) in [7, 11) is -3.50. The first kappa shape index (κ1) is 14.4. The van der Waals surface area contributed by atoms with Gasteiger partial charge in [-0.1, -0.05) is 12.1 Å². The van der Waals surface area contributed by atoms with Gasteiger partial charge < -0.3 is 5.11 Å². The summed E-state index contributed by atoms with van der Waals surface area (Å²) in [5.41, 5.74) is 0.626. The number of rotatable bonds is 5. The second-order valence-electron chi connectivity index (χ2n) is 4.02. The van der Waals surface area contributed by atoms with Crippen LogP contribution in [0.25, 0.3) is 6.08 Å². The molecule has 2 N–H and O–H groups in total. The quantitative estimate of drug-likeness (QED) is 0.793. The maximum Gasteiger partial charge on any atom is 0.328 e. The summed E-state index contributed by atoms with van der Waals surface area (Å²) in [5.74, 6) is -1.05. The molecule has 1 aromatic carbocycles. The van der Waals surface area contributed by atoms with Crippen molar-refractivity contribution >= 4 is 22.1 Å². The van der Waals surface area contributed by atoms with Crippen LogP contribution in [0.15, 0.2) is 35.2 Å². The molecule has 0 atom stereocenters. The van der Waals surface area contributed by atoms with E-state index in [9.17, 15) is 13.2 Å². The van der Waals surface area contributed by atoms with Gasteiger partial charge in [-0.2, -0.15) is 0 Å². The molecular formula is C12H15NO4S. The molecule has 0 unspecified atom stereocenters. The first-order chi connectivity index (χ1) is 8.31. The van der Waals surface area contributed by atoms with Crippen LogP contribution in [0.5, 0.6) is 0 Å². The van der Waals surface area contributed by atoms with E-state index in [2.05, 4.69) is 4.72 Å². The van der Waals surface area contributed by atoms with Gasteiger partial charge in [-0.25, -0.2) is 17.9 Å². The molecule has 1 rings (SSSR count). The molecule has 0 saturated heterocycles. The number of hydrogen-bond acceptors (Lipinski definition) is 3. The summed E-state index contributed by atoms with van der Waals surface area (Å²) in [6, 6.07) is 5.79. The van der Waals surface area contributed by atoms with Crippen LogP contribution in [0, 0.1) is 0 Å². The van der Waals surface area contributed by atoms with Gasteiger partial charge in [0.15, 0.2) is 0 Å². The molecular weight excluding hydrogens is 254 g/mol. The van der Waals surface area contributed by atoms with Gasteiger partial charge in [0.25, 0.3) is 0 Å². The number of carbonyl (C=O) groups is 1. The molecule has 98 valence electrons. The zero-order valence-electron chi connectivity index (χ0n) is 10.1. The van der Waals surface area contributed by atoms with E-state index in [0.29, 0.717) is 5.56 Å². The van der Waals surface area contributed by atoms with Crippen LogP contribution in [0.1, 0.15) is 19.4 Å². The molecule has 0 spiro atoms. The Morgan fingerprint density at radius 3 is 2.28 bits per heavy atom. The molecule has 18 heavy (non-hydrogen) atoms. The molecule has 0 amide bonds. The molecule has 0 aliphatic carbocycles. The number of aliphatic carboxylic acids is 1. The van der Waals surface area contributed by atoms with Crippen LogP contribution >= 0.6 is 0 Å². The standard InChI is InChI=1S/C12H15NO4S/c1-9(2)13-18(16,17)11-6-3-10(4-7-11)5-8-12(14)15/h3-9,13H,1-2H3,(H,14,15). The Morgan fingerprint density at radius 1 is 1.28 bits per heavy atom. The fourth-order valence-electron chi connectivity index (χ4n) is 1.30. The van der Waals surface area contributed by atoms with E-state index in [1.807, 2.05) is 0 Å². The lowest BCUT2D eigenvalue weighted by Crippen LogP contribution is -2.30. The van der Waals surface area contributed by atoms with Gasteiger partial charge in [-0.3, -0.25) is 0 Å². The van der Waals surface area contributed by atoms with Gasteiger partial charge in [0, 0.05) is 12.1 Å². The number of sulfonamides is 1. The molecule has 6 heteroatoms. The molecule has 0 aliphatic rings. The van der Waals surface area contributed by atoms with Crippen LogP contribution in [0.2, 0.25) is 0 Å². The minimum absolute atomic E-state index is 0.156. The fourth-order valence-corrected chi connectivity index (χ4v) is 2.56. The zero-order valence-corrected chi connectivity index (χ0v) is 10.9. The predicted octanol–water partition coefficient (Wildman–Crippen LogP) is 1.47. The summed E-state index contributed by atoms with van der Waals surface area (Å²) in [6.07, 6.45) is 2.39. The van der Waals surface area contributed by atoms with E-state index in [4.69, 9.17) is 5.11 Å². The third-order valence-corrected chi connectivity index (χ3v) is 3.67. The molecule has 1 aromatic rings. The van der Waals surface area contributed by atoms with Crippen molar-refractivity contribution in [3.63, 3.8) is 0 Å². The van der Waals surface area contributed by atoms with Crippen molar-refractivity contribution in [3.05, 3.63) is 35.9 Å². The van der Waals surface area contributed by atoms with Crippen LogP contribution < -0.4 is 4.72 Å². The van der Waals surface area contributed by atoms with Gasteiger partial charge in [0.05, 0.1) is 4.90 Å². The highest BCUT2D eigenvalue weighted by Gasteiger charge is 2.14. The molecule has 0 aromatic heterocycles. The lowest BCUT2D eigenvalue weighted by molar-refractivity contribution is -0.131. The van der Waals surface area contributed by atoms with E-state index in [-0.39, 0.29) is 10.9 Å². The highest BCUT2D eigenvalue weighted by molar-refractivity contribution is 7.89. The number of carboxylic acids is 1. The second kappa shape index (κ2) is 5.79. The van der Waals surface area contributed by atoms with Crippen LogP contribution in [-0.4, -0.2) is 25.5 Å². The Labute approximate surface area is 106 Å². The van der Waals surface area contributed by atoms with Gasteiger partial charge in [-0.15, -0.1) is 0 Å². The van der Waals surface area contributed by atoms with Crippen molar-refractivity contribution in [2.75, 3.05) is 0 Å². The SMILES string of the molecule is CC(C)NS(=O)(=O)c1ccc(C=CC(=O)O)cc1. The Bertz CT molecular complexity index is 544. The predicted molar refractivity (Wildman–Crippen MR) is 68.6 cm³/mol. The van der Waals surface area contributed by atoms with Crippen molar-refractivity contribution in [1.82, 2.24) is 4.72 Å². The van der Waals surface area contributed by atoms with E-state index in [0.717, 1.165) is 6.08 Å². The van der Waals surface area contributed by atoms with Crippen LogP contribution in [-0.2, 0) is 14.8 Å². The maximum absolute atomic E-state index is 11.8. The second-order valence-corrected chi connectivity index (χ2v) is 5.73. The minimum atomic E-state index is -3.50. The largest absolute Gasteiger partial charge is 0.478 e. The van der Waals surface area contributed by atoms with E-state index in [1.165, 1.54) is 18.2 Å². The van der Waals surface area contributed by atoms with Crippen molar-refractivity contribution < 1.29 is 18.3 Å². The van der Waals surface area contributed by atoms with Crippen molar-refractivity contribution in [2.45, 2.75) is 24.8 Å². The number of carboxylic acid groups (broad SMARTS) is 1. The lowest BCUT2D eigenvalue weighted by Gasteiger charge is -2.09. The van der Waals surface area contributed by atoms with Crippen molar-refractivity contribution in [1.29, 1.82) is 0 Å². The number of nitrogens with one attached hydrogen (secondary N) is 1. The number of hydrogen-bond donors (Lipinski definition) is 2. The van der Waals surface area contributed by atoms with E-state index >= 15 is 0 Å². The molecule has 0 saturated carbocycles. The lowest BCUT2D eigenvalue weighted by atomic mass is 10.2. The summed E-state index contributed by atoms with van der Waals surface area (Å²) < 4.78 is 26.1. The van der Waals surface area contributed by atoms with Crippen molar-refractivity contribution in [2.24, 2.45) is 0 Å². The summed E-state index contributed by atoms with van der Waals surface area (Å²) >= 11 is 0. The van der Waals surface area contributed by atoms with Crippen LogP contribution in [0.4, 0.5) is 0 Å². The number of benzene rings is 1. The zero-order chi connectivity index (χ0) is 13.8. The van der Waals surface area contributed by atoms with Gasteiger partial charge in [0.2, 0.25) is 10.0 Å². The first-order valence-corrected chi connectivity index (χ1v) is 6.83. The highest BCUT2D eigenvalue weighted by atomic mass is 32.2. The van der Waals surface area contributed by atoms with Gasteiger partial charge >= 0.3 is 5.97 Å². The topological polar surface area (TPSA) is 83.5 Å². The van der Waals surface area contributed by atoms with Gasteiger partial charge in [-0.05, 0) is 37.6 Å². The molecule has 0 radical (unpaired) electrons. The van der Waals surface area contributed by atoms with Gasteiger partial charge in [0.1, 0.15) is 0 Å². The van der Waals surface area contributed by atoms with E-state index < -0.39 is 16.0 Å². The Morgan fingerprint density at radius 2 is 1.83 bits per heavy atom. The molecule has 0 aliphatic heterocycles. The molecule has 0 fully saturated rings. The molecule has 5 nitrogen and oxygen atoms in total. The summed E-state index contributed by atoms with van der Waals surface area (Å²) in [4.78, 5) is 10.5. The average Bonchev–Trinajstić information content (AvgIpc) is 2.25. The minimum Gasteiger partial charge on any atom is -0.478 e. The monoisotopic (exact) mass is 269 g/mol. The third-order valence-electron chi connectivity index (χ3n) is 2.00. The van der Waals surface area contributed by atoms with Crippen molar-refractivity contribution in [3.8, 4) is 0 Å². The Hall–Kier alpha value is -1.66. The van der Waals surface area contributed by atoms with Crippen LogP contribution in [0.3, 0.4) is 0 Å². The highest BCUT2D eigenvalue weighted by Crippen LogP contribution is 2.12. The normalized spacial score (nSPS) is 12.2. The Balaban J connectivity index is 2.92. The summed E-state index contributed by atoms with van der Waals surface area (Å²) in [5, 5.41) is 8.47. The van der Waals surface area contributed by atoms with E-state index in [1.54, 1.807) is 26.0 Å². The molecule has 0 bridgehead atoms. The first-order valence-electron chi connectivity index (χ1n) is 5.34. The maximum atomic E-state index is 11.8. The third kappa shape index (κ3) is 4.31. The Kier molecular flexibility index (Phi) is 4.63. The summed E-state index contributed by atoms with van der Waals surface area (Å²) in [6.45, 7) is 3.48. The average molecular weight is 269 g/mol. The smallest absolute Gasteiger partial charge is 0.328 e.